The van der Waals surface area contributed by atoms with E-state index >= 15 is 0 Å². The van der Waals surface area contributed by atoms with E-state index in [-0.39, 0.29) is 17.5 Å². The number of nitrogens with one attached hydrogen (secondary N) is 2. The van der Waals surface area contributed by atoms with Crippen LogP contribution >= 0.6 is 15.9 Å². The van der Waals surface area contributed by atoms with Gasteiger partial charge in [-0.25, -0.2) is 9.97 Å². The summed E-state index contributed by atoms with van der Waals surface area (Å²) in [7, 11) is 0. The Kier molecular flexibility index (Phi) is 4.57. The summed E-state index contributed by atoms with van der Waals surface area (Å²) in [5.74, 6) is 1.07. The minimum absolute atomic E-state index is 0.236. The van der Waals surface area contributed by atoms with Crippen molar-refractivity contribution in [2.75, 3.05) is 10.6 Å². The van der Waals surface area contributed by atoms with Crippen LogP contribution in [-0.4, -0.2) is 21.0 Å². The summed E-state index contributed by atoms with van der Waals surface area (Å²) in [4.78, 5) is 20.6. The fourth-order valence-corrected chi connectivity index (χ4v) is 2.59. The van der Waals surface area contributed by atoms with Crippen LogP contribution < -0.4 is 10.6 Å². The number of halogens is 1. The van der Waals surface area contributed by atoms with E-state index in [1.54, 1.807) is 13.0 Å². The van der Waals surface area contributed by atoms with Gasteiger partial charge in [0.15, 0.2) is 5.82 Å². The molecule has 2 aromatic heterocycles. The van der Waals surface area contributed by atoms with Crippen molar-refractivity contribution in [1.82, 2.24) is 15.1 Å². The maximum Gasteiger partial charge on any atom is 0.274 e. The number of carbonyl (C=O) groups is 1. The average Bonchev–Trinajstić information content (AvgIpc) is 2.95. The molecule has 24 heavy (non-hydrogen) atoms. The summed E-state index contributed by atoms with van der Waals surface area (Å²) in [5, 5.41) is 9.50. The Hall–Kier alpha value is -2.74. The summed E-state index contributed by atoms with van der Waals surface area (Å²) in [5.41, 5.74) is 2.00. The van der Waals surface area contributed by atoms with Gasteiger partial charge in [0.25, 0.3) is 5.91 Å². The predicted molar refractivity (Wildman–Crippen MR) is 93.4 cm³/mol. The zero-order valence-electron chi connectivity index (χ0n) is 13.0. The van der Waals surface area contributed by atoms with E-state index in [4.69, 9.17) is 4.52 Å². The molecule has 0 atom stereocenters. The molecule has 0 fully saturated rings. The van der Waals surface area contributed by atoms with Crippen LogP contribution in [0.4, 0.5) is 17.5 Å². The van der Waals surface area contributed by atoms with Gasteiger partial charge in [-0.1, -0.05) is 11.2 Å². The van der Waals surface area contributed by atoms with E-state index in [0.29, 0.717) is 17.3 Å². The van der Waals surface area contributed by atoms with Gasteiger partial charge >= 0.3 is 0 Å². The highest BCUT2D eigenvalue weighted by Crippen LogP contribution is 2.24. The number of benzene rings is 1. The predicted octanol–water partition coefficient (Wildman–Crippen LogP) is 3.84. The van der Waals surface area contributed by atoms with Crippen LogP contribution in [0.2, 0.25) is 0 Å². The molecule has 1 amide bonds. The maximum absolute atomic E-state index is 12.4. The minimum atomic E-state index is -0.332. The Morgan fingerprint density at radius 3 is 2.75 bits per heavy atom. The third-order valence-electron chi connectivity index (χ3n) is 3.13. The molecular weight excluding hydrogens is 374 g/mol. The molecule has 0 aliphatic rings. The molecule has 2 N–H and O–H groups in total. The molecule has 1 aromatic carbocycles. The van der Waals surface area contributed by atoms with E-state index < -0.39 is 0 Å². The first-order valence-electron chi connectivity index (χ1n) is 7.12. The molecule has 3 aromatic rings. The summed E-state index contributed by atoms with van der Waals surface area (Å²) >= 11 is 3.43. The Morgan fingerprint density at radius 1 is 1.21 bits per heavy atom. The van der Waals surface area contributed by atoms with Crippen LogP contribution in [0.25, 0.3) is 0 Å². The molecule has 0 unspecified atom stereocenters. The highest BCUT2D eigenvalue weighted by molar-refractivity contribution is 9.10. The van der Waals surface area contributed by atoms with Crippen LogP contribution in [-0.2, 0) is 0 Å². The molecule has 0 saturated heterocycles. The number of hydrogen-bond donors (Lipinski definition) is 2. The molecule has 0 aliphatic carbocycles. The van der Waals surface area contributed by atoms with Crippen molar-refractivity contribution in [3.63, 3.8) is 0 Å². The maximum atomic E-state index is 12.4. The van der Waals surface area contributed by atoms with Gasteiger partial charge in [0.2, 0.25) is 5.95 Å². The second-order valence-electron chi connectivity index (χ2n) is 5.15. The second kappa shape index (κ2) is 6.79. The van der Waals surface area contributed by atoms with E-state index in [2.05, 4.69) is 41.7 Å². The van der Waals surface area contributed by atoms with Crippen molar-refractivity contribution in [3.8, 4) is 0 Å². The molecule has 3 rings (SSSR count). The summed E-state index contributed by atoms with van der Waals surface area (Å²) < 4.78 is 5.77. The minimum Gasteiger partial charge on any atom is -0.360 e. The van der Waals surface area contributed by atoms with Crippen molar-refractivity contribution >= 4 is 39.3 Å². The molecule has 0 saturated carbocycles. The highest BCUT2D eigenvalue weighted by Gasteiger charge is 2.12. The van der Waals surface area contributed by atoms with Crippen molar-refractivity contribution in [3.05, 3.63) is 58.0 Å². The zero-order valence-corrected chi connectivity index (χ0v) is 14.6. The van der Waals surface area contributed by atoms with Gasteiger partial charge < -0.3 is 15.2 Å². The number of anilines is 3. The lowest BCUT2D eigenvalue weighted by Crippen LogP contribution is -2.15. The lowest BCUT2D eigenvalue weighted by Gasteiger charge is -2.08. The molecule has 0 spiro atoms. The smallest absolute Gasteiger partial charge is 0.274 e. The van der Waals surface area contributed by atoms with Gasteiger partial charge in [-0.15, -0.1) is 0 Å². The van der Waals surface area contributed by atoms with Crippen molar-refractivity contribution in [2.24, 2.45) is 0 Å². The quantitative estimate of drug-likeness (QED) is 0.706. The second-order valence-corrected chi connectivity index (χ2v) is 6.01. The van der Waals surface area contributed by atoms with E-state index in [9.17, 15) is 4.79 Å². The number of carbonyl (C=O) groups excluding carboxylic acids is 1. The number of hydrogen-bond acceptors (Lipinski definition) is 6. The first-order chi connectivity index (χ1) is 11.5. The Balaban J connectivity index is 1.76. The number of aromatic nitrogens is 3. The van der Waals surface area contributed by atoms with E-state index in [1.165, 1.54) is 12.3 Å². The standard InChI is InChI=1S/C16H14BrN5O2/c1-9-3-4-12(11(17)7-9)19-15(23)13-5-6-18-16(20-13)21-14-8-10(2)24-22-14/h3-8H,1-2H3,(H,19,23)(H,18,20,21,22). The summed E-state index contributed by atoms with van der Waals surface area (Å²) in [6, 6.07) is 8.92. The summed E-state index contributed by atoms with van der Waals surface area (Å²) in [6.07, 6.45) is 1.50. The van der Waals surface area contributed by atoms with Gasteiger partial charge in [0.1, 0.15) is 11.5 Å². The van der Waals surface area contributed by atoms with Gasteiger partial charge in [0, 0.05) is 16.7 Å². The SMILES string of the molecule is Cc1ccc(NC(=O)c2ccnc(Nc3cc(C)on3)n2)c(Br)c1. The first kappa shape index (κ1) is 16.1. The Morgan fingerprint density at radius 2 is 2.04 bits per heavy atom. The third kappa shape index (κ3) is 3.77. The van der Waals surface area contributed by atoms with Crippen LogP contribution in [0, 0.1) is 13.8 Å². The number of aryl methyl sites for hydroxylation is 2. The molecule has 122 valence electrons. The lowest BCUT2D eigenvalue weighted by molar-refractivity contribution is 0.102. The third-order valence-corrected chi connectivity index (χ3v) is 3.78. The largest absolute Gasteiger partial charge is 0.360 e. The van der Waals surface area contributed by atoms with Gasteiger partial charge in [0.05, 0.1) is 5.69 Å². The Bertz CT molecular complexity index is 894. The fourth-order valence-electron chi connectivity index (χ4n) is 1.99. The molecular formula is C16H14BrN5O2. The number of amides is 1. The zero-order chi connectivity index (χ0) is 17.1. The van der Waals surface area contributed by atoms with Gasteiger partial charge in [-0.2, -0.15) is 0 Å². The van der Waals surface area contributed by atoms with Crippen molar-refractivity contribution < 1.29 is 9.32 Å². The first-order valence-corrected chi connectivity index (χ1v) is 7.91. The normalized spacial score (nSPS) is 10.5. The van der Waals surface area contributed by atoms with E-state index in [1.807, 2.05) is 25.1 Å². The molecule has 8 heteroatoms. The molecule has 0 aliphatic heterocycles. The van der Waals surface area contributed by atoms with Crippen molar-refractivity contribution in [1.29, 1.82) is 0 Å². The number of nitrogens with zero attached hydrogens (tertiary/aromatic N) is 3. The molecule has 7 nitrogen and oxygen atoms in total. The fraction of sp³-hybridized carbons (Fsp3) is 0.125. The van der Waals surface area contributed by atoms with Crippen LogP contribution in [0.5, 0.6) is 0 Å². The molecule has 2 heterocycles. The van der Waals surface area contributed by atoms with E-state index in [0.717, 1.165) is 10.0 Å². The highest BCUT2D eigenvalue weighted by atomic mass is 79.9. The van der Waals surface area contributed by atoms with Crippen LogP contribution in [0.15, 0.2) is 45.5 Å². The number of rotatable bonds is 4. The van der Waals surface area contributed by atoms with Crippen LogP contribution in [0.1, 0.15) is 21.8 Å². The van der Waals surface area contributed by atoms with Crippen molar-refractivity contribution in [2.45, 2.75) is 13.8 Å². The lowest BCUT2D eigenvalue weighted by atomic mass is 10.2. The van der Waals surface area contributed by atoms with Gasteiger partial charge in [-0.3, -0.25) is 4.79 Å². The topological polar surface area (TPSA) is 92.9 Å². The monoisotopic (exact) mass is 387 g/mol. The van der Waals surface area contributed by atoms with Crippen LogP contribution in [0.3, 0.4) is 0 Å². The summed E-state index contributed by atoms with van der Waals surface area (Å²) in [6.45, 7) is 3.76. The average molecular weight is 388 g/mol. The van der Waals surface area contributed by atoms with Gasteiger partial charge in [-0.05, 0) is 53.5 Å². The molecule has 0 bridgehead atoms. The Labute approximate surface area is 146 Å². The molecule has 0 radical (unpaired) electrons.